The van der Waals surface area contributed by atoms with Gasteiger partial charge in [-0.2, -0.15) is 0 Å². The standard InChI is InChI=1S/C38H44FN3O2/c1-37(2)24-30(25-38(3,4)42-37)40-36(44)35(34(28-16-10-6-11-17-28)29-18-12-7-13-19-29)41-33(43)23-26-20-21-31(32(39)22-26)27-14-8-5-9-15-27/h5-12,14-18,20-22,30,34-35,42H,13,19,23-25H2,1-4H3,(H,40,44)(H,41,43)/t34?,35-/m0/s1. The molecule has 2 amide bonds. The van der Waals surface area contributed by atoms with Gasteiger partial charge in [0, 0.05) is 28.6 Å². The van der Waals surface area contributed by atoms with Crippen molar-refractivity contribution >= 4 is 11.8 Å². The van der Waals surface area contributed by atoms with Gasteiger partial charge in [-0.15, -0.1) is 0 Å². The summed E-state index contributed by atoms with van der Waals surface area (Å²) in [6, 6.07) is 23.3. The van der Waals surface area contributed by atoms with Gasteiger partial charge in [-0.3, -0.25) is 9.59 Å². The van der Waals surface area contributed by atoms with Gasteiger partial charge in [0.1, 0.15) is 11.9 Å². The molecule has 1 saturated heterocycles. The summed E-state index contributed by atoms with van der Waals surface area (Å²) in [5.41, 5.74) is 3.59. The molecule has 0 radical (unpaired) electrons. The molecule has 1 aliphatic heterocycles. The summed E-state index contributed by atoms with van der Waals surface area (Å²) in [4.78, 5) is 27.9. The van der Waals surface area contributed by atoms with Crippen LogP contribution in [0.4, 0.5) is 4.39 Å². The van der Waals surface area contributed by atoms with E-state index in [0.717, 1.165) is 42.4 Å². The number of carbonyl (C=O) groups is 2. The summed E-state index contributed by atoms with van der Waals surface area (Å²) in [6.45, 7) is 8.61. The van der Waals surface area contributed by atoms with Crippen LogP contribution in [0.1, 0.15) is 70.4 Å². The molecule has 3 N–H and O–H groups in total. The van der Waals surface area contributed by atoms with E-state index in [2.05, 4.69) is 55.8 Å². The molecule has 0 aromatic heterocycles. The second kappa shape index (κ2) is 13.3. The monoisotopic (exact) mass is 593 g/mol. The van der Waals surface area contributed by atoms with Gasteiger partial charge in [0.15, 0.2) is 0 Å². The molecule has 5 rings (SSSR count). The van der Waals surface area contributed by atoms with E-state index in [0.29, 0.717) is 11.1 Å². The first-order valence-corrected chi connectivity index (χ1v) is 15.6. The van der Waals surface area contributed by atoms with Crippen LogP contribution in [-0.2, 0) is 16.0 Å². The second-order valence-electron chi connectivity index (χ2n) is 13.5. The maximum absolute atomic E-state index is 15.1. The molecule has 0 spiro atoms. The predicted octanol–water partition coefficient (Wildman–Crippen LogP) is 7.01. The third-order valence-corrected chi connectivity index (χ3v) is 8.56. The van der Waals surface area contributed by atoms with Crippen LogP contribution in [0.3, 0.4) is 0 Å². The number of rotatable bonds is 9. The fraction of sp³-hybridized carbons (Fsp3) is 0.368. The highest BCUT2D eigenvalue weighted by Crippen LogP contribution is 2.34. The van der Waals surface area contributed by atoms with E-state index in [1.165, 1.54) is 6.07 Å². The zero-order chi connectivity index (χ0) is 31.3. The number of hydrogen-bond acceptors (Lipinski definition) is 3. The lowest BCUT2D eigenvalue weighted by Gasteiger charge is -2.47. The molecular weight excluding hydrogens is 549 g/mol. The number of piperidine rings is 1. The van der Waals surface area contributed by atoms with Crippen LogP contribution in [0.25, 0.3) is 11.1 Å². The first-order chi connectivity index (χ1) is 21.0. The van der Waals surface area contributed by atoms with E-state index in [9.17, 15) is 9.59 Å². The molecule has 0 saturated carbocycles. The van der Waals surface area contributed by atoms with Gasteiger partial charge in [-0.25, -0.2) is 4.39 Å². The predicted molar refractivity (Wildman–Crippen MR) is 176 cm³/mol. The van der Waals surface area contributed by atoms with E-state index in [1.54, 1.807) is 12.1 Å². The SMILES string of the molecule is CC1(C)CC(NC(=O)[C@@H](NC(=O)Cc2ccc(-c3ccccc3)c(F)c2)C(C2=CC=CCC2)c2ccccc2)CC(C)(C)N1. The Balaban J connectivity index is 1.42. The molecule has 1 fully saturated rings. The maximum Gasteiger partial charge on any atom is 0.243 e. The molecule has 5 nitrogen and oxygen atoms in total. The zero-order valence-electron chi connectivity index (χ0n) is 26.2. The van der Waals surface area contributed by atoms with Crippen molar-refractivity contribution in [3.8, 4) is 11.1 Å². The van der Waals surface area contributed by atoms with Crippen molar-refractivity contribution in [2.24, 2.45) is 0 Å². The smallest absolute Gasteiger partial charge is 0.243 e. The van der Waals surface area contributed by atoms with Crippen molar-refractivity contribution in [1.82, 2.24) is 16.0 Å². The summed E-state index contributed by atoms with van der Waals surface area (Å²) in [7, 11) is 0. The number of hydrogen-bond donors (Lipinski definition) is 3. The Labute approximate surface area is 261 Å². The quantitative estimate of drug-likeness (QED) is 0.250. The lowest BCUT2D eigenvalue weighted by atomic mass is 9.78. The molecule has 2 atom stereocenters. The Morgan fingerprint density at radius 1 is 0.932 bits per heavy atom. The Morgan fingerprint density at radius 2 is 1.59 bits per heavy atom. The van der Waals surface area contributed by atoms with Crippen LogP contribution in [0.2, 0.25) is 0 Å². The third kappa shape index (κ3) is 7.92. The first kappa shape index (κ1) is 31.4. The van der Waals surface area contributed by atoms with Crippen LogP contribution in [0.5, 0.6) is 0 Å². The van der Waals surface area contributed by atoms with Crippen molar-refractivity contribution < 1.29 is 14.0 Å². The summed E-state index contributed by atoms with van der Waals surface area (Å²) in [6.07, 6.45) is 9.41. The molecule has 3 aromatic rings. The van der Waals surface area contributed by atoms with Crippen LogP contribution in [0, 0.1) is 5.82 Å². The number of nitrogens with one attached hydrogen (secondary N) is 3. The molecule has 0 bridgehead atoms. The van der Waals surface area contributed by atoms with Gasteiger partial charge in [0.25, 0.3) is 0 Å². The highest BCUT2D eigenvalue weighted by atomic mass is 19.1. The second-order valence-corrected chi connectivity index (χ2v) is 13.5. The van der Waals surface area contributed by atoms with Crippen LogP contribution < -0.4 is 16.0 Å². The maximum atomic E-state index is 15.1. The fourth-order valence-corrected chi connectivity index (χ4v) is 7.11. The van der Waals surface area contributed by atoms with Gasteiger partial charge >= 0.3 is 0 Å². The molecule has 230 valence electrons. The van der Waals surface area contributed by atoms with Gasteiger partial charge in [-0.1, -0.05) is 96.6 Å². The summed E-state index contributed by atoms with van der Waals surface area (Å²) in [5.74, 6) is -1.25. The van der Waals surface area contributed by atoms with Gasteiger partial charge in [0.2, 0.25) is 11.8 Å². The Kier molecular flexibility index (Phi) is 9.50. The Bertz CT molecular complexity index is 1510. The van der Waals surface area contributed by atoms with E-state index in [-0.39, 0.29) is 47.1 Å². The lowest BCUT2D eigenvalue weighted by Crippen LogP contribution is -2.63. The topological polar surface area (TPSA) is 70.2 Å². The number of carbonyl (C=O) groups excluding carboxylic acids is 2. The minimum Gasteiger partial charge on any atom is -0.351 e. The highest BCUT2D eigenvalue weighted by Gasteiger charge is 2.40. The molecule has 3 aromatic carbocycles. The van der Waals surface area contributed by atoms with Crippen LogP contribution >= 0.6 is 0 Å². The lowest BCUT2D eigenvalue weighted by molar-refractivity contribution is -0.130. The van der Waals surface area contributed by atoms with E-state index < -0.39 is 6.04 Å². The molecule has 44 heavy (non-hydrogen) atoms. The van der Waals surface area contributed by atoms with Gasteiger partial charge in [-0.05, 0) is 76.1 Å². The molecular formula is C38H44FN3O2. The summed E-state index contributed by atoms with van der Waals surface area (Å²) < 4.78 is 15.1. The fourth-order valence-electron chi connectivity index (χ4n) is 7.11. The van der Waals surface area contributed by atoms with Crippen molar-refractivity contribution in [2.75, 3.05) is 0 Å². The van der Waals surface area contributed by atoms with Crippen LogP contribution in [0.15, 0.2) is 103 Å². The van der Waals surface area contributed by atoms with Crippen molar-refractivity contribution in [1.29, 1.82) is 0 Å². The number of allylic oxidation sites excluding steroid dienone is 3. The minimum atomic E-state index is -0.836. The molecule has 2 aliphatic rings. The summed E-state index contributed by atoms with van der Waals surface area (Å²) >= 11 is 0. The molecule has 1 aliphatic carbocycles. The molecule has 1 unspecified atom stereocenters. The zero-order valence-corrected chi connectivity index (χ0v) is 26.2. The van der Waals surface area contributed by atoms with Crippen molar-refractivity contribution in [3.63, 3.8) is 0 Å². The molecule has 6 heteroatoms. The summed E-state index contributed by atoms with van der Waals surface area (Å²) in [5, 5.41) is 10.1. The average Bonchev–Trinajstić information content (AvgIpc) is 2.97. The van der Waals surface area contributed by atoms with Crippen molar-refractivity contribution in [3.05, 3.63) is 120 Å². The third-order valence-electron chi connectivity index (χ3n) is 8.56. The first-order valence-electron chi connectivity index (χ1n) is 15.6. The van der Waals surface area contributed by atoms with Gasteiger partial charge < -0.3 is 16.0 Å². The largest absolute Gasteiger partial charge is 0.351 e. The minimum absolute atomic E-state index is 0.0381. The Morgan fingerprint density at radius 3 is 2.20 bits per heavy atom. The van der Waals surface area contributed by atoms with E-state index in [1.807, 2.05) is 66.7 Å². The number of halogens is 1. The van der Waals surface area contributed by atoms with E-state index in [4.69, 9.17) is 0 Å². The molecule has 1 heterocycles. The normalized spacial score (nSPS) is 19.0. The highest BCUT2D eigenvalue weighted by molar-refractivity contribution is 5.90. The average molecular weight is 594 g/mol. The van der Waals surface area contributed by atoms with E-state index >= 15 is 4.39 Å². The van der Waals surface area contributed by atoms with Crippen molar-refractivity contribution in [2.45, 2.75) is 88.9 Å². The van der Waals surface area contributed by atoms with Crippen LogP contribution in [-0.4, -0.2) is 35.0 Å². The number of amides is 2. The number of benzene rings is 3. The Hall–Kier alpha value is -4.03. The van der Waals surface area contributed by atoms with Gasteiger partial charge in [0.05, 0.1) is 6.42 Å².